The molecule has 0 radical (unpaired) electrons. The van der Waals surface area contributed by atoms with Crippen LogP contribution in [0.1, 0.15) is 45.1 Å². The van der Waals surface area contributed by atoms with Crippen molar-refractivity contribution in [3.63, 3.8) is 0 Å². The van der Waals surface area contributed by atoms with Crippen LogP contribution >= 0.6 is 15.9 Å². The van der Waals surface area contributed by atoms with Crippen LogP contribution in [0.2, 0.25) is 0 Å². The van der Waals surface area contributed by atoms with Gasteiger partial charge in [-0.15, -0.1) is 0 Å². The maximum atomic E-state index is 14.1. The largest absolute Gasteiger partial charge is 0.317 e. The van der Waals surface area contributed by atoms with Gasteiger partial charge in [-0.25, -0.2) is 4.39 Å². The molecule has 3 atom stereocenters. The fraction of sp³-hybridized carbons (Fsp3) is 0.667. The molecular weight excluding hydrogens is 329 g/mol. The zero-order chi connectivity index (χ0) is 15.2. The van der Waals surface area contributed by atoms with E-state index < -0.39 is 0 Å². The fourth-order valence-corrected chi connectivity index (χ4v) is 3.95. The summed E-state index contributed by atoms with van der Waals surface area (Å²) < 4.78 is 14.9. The van der Waals surface area contributed by atoms with Crippen LogP contribution in [0.15, 0.2) is 22.7 Å². The Morgan fingerprint density at radius 1 is 1.24 bits per heavy atom. The summed E-state index contributed by atoms with van der Waals surface area (Å²) in [5, 5.41) is 3.49. The first-order valence-corrected chi connectivity index (χ1v) is 9.07. The molecule has 0 bridgehead atoms. The molecule has 1 nitrogen and oxygen atoms in total. The van der Waals surface area contributed by atoms with Gasteiger partial charge in [-0.05, 0) is 67.8 Å². The normalized spacial score (nSPS) is 26.0. The number of hydrogen-bond acceptors (Lipinski definition) is 1. The molecule has 0 spiro atoms. The number of rotatable bonds is 6. The van der Waals surface area contributed by atoms with Crippen LogP contribution in [0.4, 0.5) is 4.39 Å². The average Bonchev–Trinajstić information content (AvgIpc) is 2.48. The van der Waals surface area contributed by atoms with Gasteiger partial charge in [0.2, 0.25) is 0 Å². The van der Waals surface area contributed by atoms with Gasteiger partial charge in [0.1, 0.15) is 5.82 Å². The number of hydrogen-bond donors (Lipinski definition) is 1. The third-order valence-corrected chi connectivity index (χ3v) is 5.47. The highest BCUT2D eigenvalue weighted by atomic mass is 79.9. The van der Waals surface area contributed by atoms with Crippen LogP contribution < -0.4 is 5.32 Å². The van der Waals surface area contributed by atoms with E-state index in [1.54, 1.807) is 6.07 Å². The van der Waals surface area contributed by atoms with Crippen molar-refractivity contribution in [2.45, 2.75) is 46.0 Å². The number of benzene rings is 1. The van der Waals surface area contributed by atoms with Crippen molar-refractivity contribution in [1.29, 1.82) is 0 Å². The lowest BCUT2D eigenvalue weighted by atomic mass is 9.71. The summed E-state index contributed by atoms with van der Waals surface area (Å²) in [6.45, 7) is 6.54. The quantitative estimate of drug-likeness (QED) is 0.740. The van der Waals surface area contributed by atoms with Crippen molar-refractivity contribution in [3.05, 3.63) is 34.1 Å². The van der Waals surface area contributed by atoms with Crippen molar-refractivity contribution in [2.75, 3.05) is 13.1 Å². The van der Waals surface area contributed by atoms with Gasteiger partial charge in [-0.1, -0.05) is 48.7 Å². The van der Waals surface area contributed by atoms with E-state index in [2.05, 4.69) is 35.1 Å². The van der Waals surface area contributed by atoms with Crippen LogP contribution in [0.3, 0.4) is 0 Å². The molecule has 1 aliphatic carbocycles. The first-order chi connectivity index (χ1) is 10.1. The van der Waals surface area contributed by atoms with Gasteiger partial charge >= 0.3 is 0 Å². The van der Waals surface area contributed by atoms with Crippen LogP contribution in [0.5, 0.6) is 0 Å². The van der Waals surface area contributed by atoms with Gasteiger partial charge in [0.25, 0.3) is 0 Å². The highest BCUT2D eigenvalue weighted by molar-refractivity contribution is 9.10. The predicted molar refractivity (Wildman–Crippen MR) is 91.0 cm³/mol. The summed E-state index contributed by atoms with van der Waals surface area (Å²) in [6, 6.07) is 5.49. The monoisotopic (exact) mass is 355 g/mol. The Hall–Kier alpha value is -0.410. The molecule has 3 unspecified atom stereocenters. The van der Waals surface area contributed by atoms with E-state index in [0.29, 0.717) is 11.8 Å². The van der Waals surface area contributed by atoms with Crippen LogP contribution in [0, 0.1) is 23.6 Å². The standard InChI is InChI=1S/C18H27BrFN/c1-3-13-5-6-15(12-21-4-2)16(9-13)10-14-7-8-17(19)11-18(14)20/h7-8,11,13,15-16,21H,3-6,9-10,12H2,1-2H3. The molecule has 21 heavy (non-hydrogen) atoms. The molecule has 0 saturated heterocycles. The molecule has 0 aliphatic heterocycles. The Morgan fingerprint density at radius 3 is 2.71 bits per heavy atom. The average molecular weight is 356 g/mol. The fourth-order valence-electron chi connectivity index (χ4n) is 3.61. The molecule has 1 fully saturated rings. The van der Waals surface area contributed by atoms with E-state index in [9.17, 15) is 4.39 Å². The molecule has 0 aromatic heterocycles. The maximum absolute atomic E-state index is 14.1. The Balaban J connectivity index is 2.07. The van der Waals surface area contributed by atoms with Crippen LogP contribution in [-0.4, -0.2) is 13.1 Å². The Bertz CT molecular complexity index is 449. The third-order valence-electron chi connectivity index (χ3n) is 4.98. The molecule has 0 amide bonds. The van der Waals surface area contributed by atoms with Crippen molar-refractivity contribution in [3.8, 4) is 0 Å². The second kappa shape index (κ2) is 8.28. The minimum absolute atomic E-state index is 0.0646. The van der Waals surface area contributed by atoms with Crippen molar-refractivity contribution in [1.82, 2.24) is 5.32 Å². The third kappa shape index (κ3) is 4.79. The molecule has 1 aromatic carbocycles. The second-order valence-corrected chi connectivity index (χ2v) is 7.27. The summed E-state index contributed by atoms with van der Waals surface area (Å²) in [4.78, 5) is 0. The predicted octanol–water partition coefficient (Wildman–Crippen LogP) is 5.18. The molecule has 1 N–H and O–H groups in total. The van der Waals surface area contributed by atoms with E-state index >= 15 is 0 Å². The number of nitrogens with one attached hydrogen (secondary N) is 1. The summed E-state index contributed by atoms with van der Waals surface area (Å²) in [5.74, 6) is 2.06. The van der Waals surface area contributed by atoms with Gasteiger partial charge < -0.3 is 5.32 Å². The van der Waals surface area contributed by atoms with Crippen molar-refractivity contribution >= 4 is 15.9 Å². The molecule has 2 rings (SSSR count). The topological polar surface area (TPSA) is 12.0 Å². The summed E-state index contributed by atoms with van der Waals surface area (Å²) >= 11 is 3.34. The van der Waals surface area contributed by atoms with Crippen molar-refractivity contribution in [2.24, 2.45) is 17.8 Å². The van der Waals surface area contributed by atoms with E-state index in [-0.39, 0.29) is 5.82 Å². The molecule has 1 saturated carbocycles. The zero-order valence-corrected chi connectivity index (χ0v) is 14.8. The SMILES string of the molecule is CCNCC1CCC(CC)CC1Cc1ccc(Br)cc1F. The lowest BCUT2D eigenvalue weighted by Gasteiger charge is -2.36. The smallest absolute Gasteiger partial charge is 0.127 e. The molecule has 1 aliphatic rings. The zero-order valence-electron chi connectivity index (χ0n) is 13.2. The molecule has 1 aromatic rings. The Morgan fingerprint density at radius 2 is 2.05 bits per heavy atom. The molecule has 0 heterocycles. The molecule has 118 valence electrons. The van der Waals surface area contributed by atoms with Gasteiger partial charge in [0, 0.05) is 4.47 Å². The molecular formula is C18H27BrFN. The van der Waals surface area contributed by atoms with Gasteiger partial charge in [-0.3, -0.25) is 0 Å². The minimum Gasteiger partial charge on any atom is -0.317 e. The van der Waals surface area contributed by atoms with E-state index in [1.165, 1.54) is 25.7 Å². The first kappa shape index (κ1) is 17.0. The van der Waals surface area contributed by atoms with Crippen molar-refractivity contribution < 1.29 is 4.39 Å². The van der Waals surface area contributed by atoms with Crippen LogP contribution in [0.25, 0.3) is 0 Å². The summed E-state index contributed by atoms with van der Waals surface area (Å²) in [5.41, 5.74) is 0.876. The Labute approximate surface area is 136 Å². The van der Waals surface area contributed by atoms with E-state index in [0.717, 1.165) is 35.5 Å². The van der Waals surface area contributed by atoms with Gasteiger partial charge in [0.15, 0.2) is 0 Å². The molecule has 3 heteroatoms. The van der Waals surface area contributed by atoms with Gasteiger partial charge in [0.05, 0.1) is 0 Å². The summed E-state index contributed by atoms with van der Waals surface area (Å²) in [6.07, 6.45) is 6.02. The van der Waals surface area contributed by atoms with E-state index in [4.69, 9.17) is 0 Å². The van der Waals surface area contributed by atoms with Gasteiger partial charge in [-0.2, -0.15) is 0 Å². The Kier molecular flexibility index (Phi) is 6.69. The minimum atomic E-state index is -0.0646. The lowest BCUT2D eigenvalue weighted by Crippen LogP contribution is -2.34. The number of halogens is 2. The van der Waals surface area contributed by atoms with E-state index in [1.807, 2.05) is 12.1 Å². The second-order valence-electron chi connectivity index (χ2n) is 6.36. The highest BCUT2D eigenvalue weighted by Gasteiger charge is 2.30. The maximum Gasteiger partial charge on any atom is 0.127 e. The van der Waals surface area contributed by atoms with Crippen LogP contribution in [-0.2, 0) is 6.42 Å². The summed E-state index contributed by atoms with van der Waals surface area (Å²) in [7, 11) is 0. The highest BCUT2D eigenvalue weighted by Crippen LogP contribution is 2.37. The first-order valence-electron chi connectivity index (χ1n) is 8.28. The lowest BCUT2D eigenvalue weighted by molar-refractivity contribution is 0.171.